The zero-order valence-electron chi connectivity index (χ0n) is 12.4. The molecule has 0 saturated carbocycles. The summed E-state index contributed by atoms with van der Waals surface area (Å²) in [6.07, 6.45) is 3.75. The van der Waals surface area contributed by atoms with Crippen LogP contribution in [-0.4, -0.2) is 29.8 Å². The van der Waals surface area contributed by atoms with Gasteiger partial charge in [-0.1, -0.05) is 6.07 Å². The van der Waals surface area contributed by atoms with E-state index in [9.17, 15) is 0 Å². The van der Waals surface area contributed by atoms with E-state index in [-0.39, 0.29) is 0 Å². The Morgan fingerprint density at radius 2 is 2.14 bits per heavy atom. The number of nitrogen functional groups attached to an aromatic ring is 1. The van der Waals surface area contributed by atoms with Crippen molar-refractivity contribution in [3.63, 3.8) is 0 Å². The van der Waals surface area contributed by atoms with E-state index in [0.717, 1.165) is 44.1 Å². The lowest BCUT2D eigenvalue weighted by atomic mass is 10.0. The molecule has 1 fully saturated rings. The van der Waals surface area contributed by atoms with Gasteiger partial charge in [-0.15, -0.1) is 0 Å². The molecule has 3 N–H and O–H groups in total. The van der Waals surface area contributed by atoms with E-state index in [1.165, 1.54) is 0 Å². The number of benzene rings is 1. The third kappa shape index (κ3) is 4.08. The average molecular weight is 300 g/mol. The van der Waals surface area contributed by atoms with Crippen molar-refractivity contribution in [1.82, 2.24) is 9.97 Å². The minimum Gasteiger partial charge on any atom is -0.493 e. The van der Waals surface area contributed by atoms with E-state index < -0.39 is 0 Å². The molecule has 0 radical (unpaired) electrons. The van der Waals surface area contributed by atoms with Crippen molar-refractivity contribution < 1.29 is 9.47 Å². The maximum absolute atomic E-state index is 5.89. The van der Waals surface area contributed by atoms with Gasteiger partial charge in [0.05, 0.1) is 6.61 Å². The normalized spacial score (nSPS) is 15.5. The van der Waals surface area contributed by atoms with Gasteiger partial charge in [-0.25, -0.2) is 4.98 Å². The van der Waals surface area contributed by atoms with Crippen LogP contribution in [-0.2, 0) is 4.74 Å². The summed E-state index contributed by atoms with van der Waals surface area (Å²) in [6.45, 7) is 2.40. The number of nitrogens with zero attached hydrogens (tertiary/aromatic N) is 2. The molecule has 6 heteroatoms. The molecule has 6 nitrogen and oxygen atoms in total. The molecule has 0 spiro atoms. The predicted octanol–water partition coefficient (Wildman–Crippen LogP) is 2.61. The summed E-state index contributed by atoms with van der Waals surface area (Å²) in [5.74, 6) is 2.31. The van der Waals surface area contributed by atoms with Crippen molar-refractivity contribution in [2.45, 2.75) is 12.8 Å². The van der Waals surface area contributed by atoms with Crippen molar-refractivity contribution >= 4 is 17.5 Å². The van der Waals surface area contributed by atoms with Crippen LogP contribution in [0, 0.1) is 5.92 Å². The van der Waals surface area contributed by atoms with Gasteiger partial charge in [-0.2, -0.15) is 4.98 Å². The highest BCUT2D eigenvalue weighted by molar-refractivity contribution is 5.56. The molecule has 22 heavy (non-hydrogen) atoms. The second-order valence-electron chi connectivity index (χ2n) is 5.32. The summed E-state index contributed by atoms with van der Waals surface area (Å²) >= 11 is 0. The van der Waals surface area contributed by atoms with E-state index in [4.69, 9.17) is 15.2 Å². The van der Waals surface area contributed by atoms with Gasteiger partial charge in [0.15, 0.2) is 0 Å². The average Bonchev–Trinajstić information content (AvgIpc) is 2.54. The maximum Gasteiger partial charge on any atom is 0.229 e. The molecule has 0 atom stereocenters. The fourth-order valence-electron chi connectivity index (χ4n) is 2.35. The standard InChI is InChI=1S/C16H20N4O2/c17-15-4-7-18-16(20-15)19-13-2-1-3-14(10-13)22-11-12-5-8-21-9-6-12/h1-4,7,10,12H,5-6,8-9,11H2,(H3,17,18,19,20). The SMILES string of the molecule is Nc1ccnc(Nc2cccc(OCC3CCOCC3)c2)n1. The minimum absolute atomic E-state index is 0.435. The summed E-state index contributed by atoms with van der Waals surface area (Å²) in [5.41, 5.74) is 6.52. The van der Waals surface area contributed by atoms with Crippen LogP contribution in [0.3, 0.4) is 0 Å². The lowest BCUT2D eigenvalue weighted by Crippen LogP contribution is -2.21. The first-order valence-electron chi connectivity index (χ1n) is 7.46. The highest BCUT2D eigenvalue weighted by atomic mass is 16.5. The quantitative estimate of drug-likeness (QED) is 0.883. The molecule has 0 unspecified atom stereocenters. The van der Waals surface area contributed by atoms with Gasteiger partial charge in [-0.05, 0) is 37.0 Å². The topological polar surface area (TPSA) is 82.3 Å². The number of hydrogen-bond donors (Lipinski definition) is 2. The number of rotatable bonds is 5. The molecule has 2 heterocycles. The Kier molecular flexibility index (Phi) is 4.70. The zero-order chi connectivity index (χ0) is 15.2. The van der Waals surface area contributed by atoms with Crippen LogP contribution >= 0.6 is 0 Å². The van der Waals surface area contributed by atoms with Crippen LogP contribution in [0.4, 0.5) is 17.5 Å². The molecule has 1 aromatic carbocycles. The lowest BCUT2D eigenvalue weighted by molar-refractivity contribution is 0.0497. The van der Waals surface area contributed by atoms with Crippen LogP contribution < -0.4 is 15.8 Å². The molecule has 0 aliphatic carbocycles. The minimum atomic E-state index is 0.435. The first kappa shape index (κ1) is 14.6. The summed E-state index contributed by atoms with van der Waals surface area (Å²) in [6, 6.07) is 9.41. The Bertz CT molecular complexity index is 615. The predicted molar refractivity (Wildman–Crippen MR) is 85.2 cm³/mol. The molecule has 1 aliphatic heterocycles. The van der Waals surface area contributed by atoms with Gasteiger partial charge < -0.3 is 20.5 Å². The van der Waals surface area contributed by atoms with Crippen LogP contribution in [0.1, 0.15) is 12.8 Å². The Morgan fingerprint density at radius 3 is 2.95 bits per heavy atom. The van der Waals surface area contributed by atoms with Gasteiger partial charge in [0.2, 0.25) is 5.95 Å². The first-order chi connectivity index (χ1) is 10.8. The number of aromatic nitrogens is 2. The third-order valence-electron chi connectivity index (χ3n) is 3.59. The fraction of sp³-hybridized carbons (Fsp3) is 0.375. The Labute approximate surface area is 129 Å². The summed E-state index contributed by atoms with van der Waals surface area (Å²) in [7, 11) is 0. The number of nitrogens with one attached hydrogen (secondary N) is 1. The highest BCUT2D eigenvalue weighted by Gasteiger charge is 2.14. The summed E-state index contributed by atoms with van der Waals surface area (Å²) < 4.78 is 11.2. The van der Waals surface area contributed by atoms with E-state index in [1.807, 2.05) is 24.3 Å². The molecule has 1 aromatic heterocycles. The Morgan fingerprint density at radius 1 is 1.27 bits per heavy atom. The van der Waals surface area contributed by atoms with Gasteiger partial charge in [-0.3, -0.25) is 0 Å². The molecule has 0 amide bonds. The van der Waals surface area contributed by atoms with E-state index >= 15 is 0 Å². The van der Waals surface area contributed by atoms with E-state index in [0.29, 0.717) is 17.7 Å². The van der Waals surface area contributed by atoms with Crippen molar-refractivity contribution in [2.75, 3.05) is 30.9 Å². The number of nitrogens with two attached hydrogens (primary N) is 1. The van der Waals surface area contributed by atoms with Crippen molar-refractivity contribution in [3.05, 3.63) is 36.5 Å². The van der Waals surface area contributed by atoms with Crippen molar-refractivity contribution in [3.8, 4) is 5.75 Å². The number of ether oxygens (including phenoxy) is 2. The molecule has 3 rings (SSSR count). The van der Waals surface area contributed by atoms with Crippen molar-refractivity contribution in [1.29, 1.82) is 0 Å². The number of hydrogen-bond acceptors (Lipinski definition) is 6. The molecular formula is C16H20N4O2. The van der Waals surface area contributed by atoms with Crippen LogP contribution in [0.2, 0.25) is 0 Å². The Balaban J connectivity index is 1.59. The third-order valence-corrected chi connectivity index (χ3v) is 3.59. The first-order valence-corrected chi connectivity index (χ1v) is 7.46. The largest absolute Gasteiger partial charge is 0.493 e. The molecule has 0 bridgehead atoms. The molecule has 116 valence electrons. The summed E-state index contributed by atoms with van der Waals surface area (Å²) in [5, 5.41) is 3.12. The van der Waals surface area contributed by atoms with Crippen LogP contribution in [0.5, 0.6) is 5.75 Å². The molecule has 2 aromatic rings. The zero-order valence-corrected chi connectivity index (χ0v) is 12.4. The van der Waals surface area contributed by atoms with E-state index in [2.05, 4.69) is 15.3 Å². The highest BCUT2D eigenvalue weighted by Crippen LogP contribution is 2.22. The van der Waals surface area contributed by atoms with E-state index in [1.54, 1.807) is 12.3 Å². The molecule has 1 saturated heterocycles. The van der Waals surface area contributed by atoms with Gasteiger partial charge in [0.25, 0.3) is 0 Å². The molecular weight excluding hydrogens is 280 g/mol. The fourth-order valence-corrected chi connectivity index (χ4v) is 2.35. The van der Waals surface area contributed by atoms with Crippen LogP contribution in [0.25, 0.3) is 0 Å². The monoisotopic (exact) mass is 300 g/mol. The lowest BCUT2D eigenvalue weighted by Gasteiger charge is -2.22. The van der Waals surface area contributed by atoms with Gasteiger partial charge in [0, 0.05) is 31.2 Å². The second-order valence-corrected chi connectivity index (χ2v) is 5.32. The summed E-state index contributed by atoms with van der Waals surface area (Å²) in [4.78, 5) is 8.25. The smallest absolute Gasteiger partial charge is 0.229 e. The Hall–Kier alpha value is -2.34. The van der Waals surface area contributed by atoms with Gasteiger partial charge >= 0.3 is 0 Å². The maximum atomic E-state index is 5.89. The second kappa shape index (κ2) is 7.09. The van der Waals surface area contributed by atoms with Gasteiger partial charge in [0.1, 0.15) is 11.6 Å². The number of anilines is 3. The van der Waals surface area contributed by atoms with Crippen LogP contribution in [0.15, 0.2) is 36.5 Å². The molecule has 1 aliphatic rings. The van der Waals surface area contributed by atoms with Crippen molar-refractivity contribution in [2.24, 2.45) is 5.92 Å².